The van der Waals surface area contributed by atoms with Crippen molar-refractivity contribution in [3.63, 3.8) is 0 Å². The first-order valence-electron chi connectivity index (χ1n) is 14.8. The highest BCUT2D eigenvalue weighted by Crippen LogP contribution is 2.33. The van der Waals surface area contributed by atoms with Crippen LogP contribution in [0, 0.1) is 0 Å². The summed E-state index contributed by atoms with van der Waals surface area (Å²) in [5, 5.41) is 11.7. The van der Waals surface area contributed by atoms with Gasteiger partial charge in [-0.1, -0.05) is 48.7 Å². The number of benzene rings is 3. The molecular weight excluding hydrogens is 546 g/mol. The van der Waals surface area contributed by atoms with E-state index < -0.39 is 18.1 Å². The predicted octanol–water partition coefficient (Wildman–Crippen LogP) is 5.40. The van der Waals surface area contributed by atoms with Gasteiger partial charge in [-0.15, -0.1) is 5.10 Å². The van der Waals surface area contributed by atoms with Gasteiger partial charge in [0.15, 0.2) is 0 Å². The van der Waals surface area contributed by atoms with Crippen LogP contribution in [0.1, 0.15) is 74.0 Å². The number of para-hydroxylation sites is 1. The number of anilines is 1. The number of methoxy groups -OCH3 is 1. The summed E-state index contributed by atoms with van der Waals surface area (Å²) in [4.78, 5) is 42.7. The zero-order chi connectivity index (χ0) is 30.3. The Balaban J connectivity index is 1.60. The summed E-state index contributed by atoms with van der Waals surface area (Å²) in [6.45, 7) is 3.73. The van der Waals surface area contributed by atoms with Gasteiger partial charge in [0.05, 0.1) is 24.8 Å². The molecule has 1 fully saturated rings. The molecule has 5 rings (SSSR count). The van der Waals surface area contributed by atoms with Crippen molar-refractivity contribution in [2.45, 2.75) is 64.1 Å². The molecule has 1 aromatic heterocycles. The van der Waals surface area contributed by atoms with Crippen molar-refractivity contribution in [2.75, 3.05) is 18.6 Å². The van der Waals surface area contributed by atoms with Gasteiger partial charge in [-0.3, -0.25) is 14.5 Å². The van der Waals surface area contributed by atoms with Crippen molar-refractivity contribution in [1.29, 1.82) is 0 Å². The topological polar surface area (TPSA) is 116 Å². The molecule has 0 saturated heterocycles. The fourth-order valence-electron chi connectivity index (χ4n) is 5.59. The largest absolute Gasteiger partial charge is 0.497 e. The average Bonchev–Trinajstić information content (AvgIpc) is 3.48. The van der Waals surface area contributed by atoms with Gasteiger partial charge in [0.2, 0.25) is 5.91 Å². The maximum atomic E-state index is 14.6. The van der Waals surface area contributed by atoms with E-state index in [4.69, 9.17) is 9.47 Å². The Bertz CT molecular complexity index is 1560. The van der Waals surface area contributed by atoms with E-state index in [0.717, 1.165) is 32.1 Å². The molecule has 2 atom stereocenters. The van der Waals surface area contributed by atoms with Crippen LogP contribution in [0.2, 0.25) is 0 Å². The quantitative estimate of drug-likeness (QED) is 0.249. The molecule has 0 spiro atoms. The van der Waals surface area contributed by atoms with Crippen LogP contribution in [0.25, 0.3) is 11.0 Å². The molecule has 10 nitrogen and oxygen atoms in total. The van der Waals surface area contributed by atoms with Crippen molar-refractivity contribution in [2.24, 2.45) is 0 Å². The normalized spacial score (nSPS) is 15.0. The summed E-state index contributed by atoms with van der Waals surface area (Å²) in [7, 11) is 1.58. The van der Waals surface area contributed by atoms with Crippen molar-refractivity contribution in [1.82, 2.24) is 20.3 Å². The summed E-state index contributed by atoms with van der Waals surface area (Å²) >= 11 is 0. The van der Waals surface area contributed by atoms with Crippen LogP contribution in [0.3, 0.4) is 0 Å². The van der Waals surface area contributed by atoms with Crippen LogP contribution >= 0.6 is 0 Å². The number of hydrogen-bond acceptors (Lipinski definition) is 7. The fourth-order valence-corrected chi connectivity index (χ4v) is 5.59. The summed E-state index contributed by atoms with van der Waals surface area (Å²) < 4.78 is 12.1. The smallest absolute Gasteiger partial charge is 0.338 e. The lowest BCUT2D eigenvalue weighted by atomic mass is 9.94. The van der Waals surface area contributed by atoms with Gasteiger partial charge in [-0.05, 0) is 80.8 Å². The Kier molecular flexibility index (Phi) is 9.34. The van der Waals surface area contributed by atoms with E-state index in [1.54, 1.807) is 74.2 Å². The summed E-state index contributed by atoms with van der Waals surface area (Å²) in [5.41, 5.74) is 2.78. The van der Waals surface area contributed by atoms with Gasteiger partial charge in [0, 0.05) is 11.7 Å². The number of aromatic nitrogens is 3. The van der Waals surface area contributed by atoms with E-state index in [1.807, 2.05) is 24.3 Å². The molecule has 2 amide bonds. The molecule has 1 heterocycles. The monoisotopic (exact) mass is 583 g/mol. The first-order valence-corrected chi connectivity index (χ1v) is 14.8. The van der Waals surface area contributed by atoms with Crippen LogP contribution in [0.15, 0.2) is 72.8 Å². The SMILES string of the molecule is CCOC(=O)c1ccc(N(C(=O)[C@H](C)n2nnc3ccccc32)[C@@H](C(=O)NC2CCCCC2)c2ccc(OC)cc2)cc1. The number of nitrogens with zero attached hydrogens (tertiary/aromatic N) is 4. The molecule has 1 N–H and O–H groups in total. The van der Waals surface area contributed by atoms with E-state index in [2.05, 4.69) is 15.6 Å². The minimum atomic E-state index is -1.01. The van der Waals surface area contributed by atoms with E-state index >= 15 is 0 Å². The molecule has 0 bridgehead atoms. The van der Waals surface area contributed by atoms with Crippen LogP contribution in [-0.4, -0.2) is 52.5 Å². The second-order valence-electron chi connectivity index (χ2n) is 10.7. The number of ether oxygens (including phenoxy) is 2. The van der Waals surface area contributed by atoms with Gasteiger partial charge in [0.25, 0.3) is 5.91 Å². The summed E-state index contributed by atoms with van der Waals surface area (Å²) in [6, 6.07) is 19.3. The first kappa shape index (κ1) is 29.8. The third-order valence-corrected chi connectivity index (χ3v) is 7.89. The lowest BCUT2D eigenvalue weighted by Crippen LogP contribution is -2.49. The number of esters is 1. The molecule has 224 valence electrons. The lowest BCUT2D eigenvalue weighted by molar-refractivity contribution is -0.128. The minimum absolute atomic E-state index is 0.0295. The highest BCUT2D eigenvalue weighted by molar-refractivity contribution is 6.03. The second kappa shape index (κ2) is 13.5. The number of carbonyl (C=O) groups is 3. The zero-order valence-electron chi connectivity index (χ0n) is 24.7. The van der Waals surface area contributed by atoms with Crippen molar-refractivity contribution in [3.8, 4) is 5.75 Å². The molecular formula is C33H37N5O5. The van der Waals surface area contributed by atoms with Crippen molar-refractivity contribution < 1.29 is 23.9 Å². The van der Waals surface area contributed by atoms with E-state index in [-0.39, 0.29) is 24.5 Å². The highest BCUT2D eigenvalue weighted by Gasteiger charge is 2.37. The van der Waals surface area contributed by atoms with Crippen molar-refractivity contribution in [3.05, 3.63) is 83.9 Å². The van der Waals surface area contributed by atoms with E-state index in [1.165, 1.54) is 4.90 Å². The van der Waals surface area contributed by atoms with E-state index in [0.29, 0.717) is 33.6 Å². The molecule has 43 heavy (non-hydrogen) atoms. The molecule has 0 aliphatic heterocycles. The molecule has 1 aliphatic rings. The van der Waals surface area contributed by atoms with Gasteiger partial charge in [-0.25, -0.2) is 9.48 Å². The maximum Gasteiger partial charge on any atom is 0.338 e. The second-order valence-corrected chi connectivity index (χ2v) is 10.7. The molecule has 4 aromatic rings. The Morgan fingerprint density at radius 2 is 1.67 bits per heavy atom. The van der Waals surface area contributed by atoms with Gasteiger partial charge < -0.3 is 14.8 Å². The number of nitrogens with one attached hydrogen (secondary N) is 1. The predicted molar refractivity (Wildman–Crippen MR) is 163 cm³/mol. The number of carbonyl (C=O) groups excluding carboxylic acids is 3. The standard InChI is InChI=1S/C33H37N5O5/c1-4-43-33(41)24-14-18-26(19-15-24)37(32(40)22(2)38-29-13-9-8-12-28(29)35-36-38)30(23-16-20-27(42-3)21-17-23)31(39)34-25-10-6-5-7-11-25/h8-9,12-22,25,30H,4-7,10-11H2,1-3H3,(H,34,39)/t22-,30+/m0/s1. The zero-order valence-corrected chi connectivity index (χ0v) is 24.7. The van der Waals surface area contributed by atoms with Gasteiger partial charge in [-0.2, -0.15) is 0 Å². The number of hydrogen-bond donors (Lipinski definition) is 1. The Labute approximate surface area is 251 Å². The average molecular weight is 584 g/mol. The molecule has 0 unspecified atom stereocenters. The van der Waals surface area contributed by atoms with E-state index in [9.17, 15) is 14.4 Å². The third kappa shape index (κ3) is 6.53. The van der Waals surface area contributed by atoms with Crippen LogP contribution in [0.4, 0.5) is 5.69 Å². The Morgan fingerprint density at radius 3 is 2.35 bits per heavy atom. The molecule has 0 radical (unpaired) electrons. The molecule has 3 aromatic carbocycles. The minimum Gasteiger partial charge on any atom is -0.497 e. The van der Waals surface area contributed by atoms with Gasteiger partial charge in [0.1, 0.15) is 23.3 Å². The number of fused-ring (bicyclic) bond motifs is 1. The third-order valence-electron chi connectivity index (χ3n) is 7.89. The highest BCUT2D eigenvalue weighted by atomic mass is 16.5. The van der Waals surface area contributed by atoms with Crippen LogP contribution < -0.4 is 15.0 Å². The van der Waals surface area contributed by atoms with Gasteiger partial charge >= 0.3 is 5.97 Å². The lowest BCUT2D eigenvalue weighted by Gasteiger charge is -2.35. The summed E-state index contributed by atoms with van der Waals surface area (Å²) in [5.74, 6) is -0.472. The summed E-state index contributed by atoms with van der Waals surface area (Å²) in [6.07, 6.45) is 5.03. The molecule has 10 heteroatoms. The number of rotatable bonds is 10. The Morgan fingerprint density at radius 1 is 0.977 bits per heavy atom. The van der Waals surface area contributed by atoms with Crippen LogP contribution in [-0.2, 0) is 14.3 Å². The van der Waals surface area contributed by atoms with Crippen LogP contribution in [0.5, 0.6) is 5.75 Å². The fraction of sp³-hybridized carbons (Fsp3) is 0.364. The molecule has 1 saturated carbocycles. The van der Waals surface area contributed by atoms with Crippen molar-refractivity contribution >= 4 is 34.5 Å². The first-order chi connectivity index (χ1) is 20.9. The maximum absolute atomic E-state index is 14.6. The Hall–Kier alpha value is -4.73. The number of amides is 2. The molecule has 1 aliphatic carbocycles.